The lowest BCUT2D eigenvalue weighted by Gasteiger charge is -2.19. The highest BCUT2D eigenvalue weighted by atomic mass is 19.4. The van der Waals surface area contributed by atoms with Crippen molar-refractivity contribution in [2.75, 3.05) is 5.32 Å². The number of hydrogen-bond acceptors (Lipinski definition) is 2. The molecular formula is C12H7F5N2O. The standard InChI is InChI=1S/C12H7F5N2O/c13-11(14,12(15,16)17)10(20)19-9-3-1-2-7-6-18-5-4-8(7)9/h1-6H,(H,19,20). The summed E-state index contributed by atoms with van der Waals surface area (Å²) in [6.07, 6.45) is -3.21. The molecule has 0 saturated heterocycles. The molecule has 1 N–H and O–H groups in total. The Morgan fingerprint density at radius 2 is 1.80 bits per heavy atom. The van der Waals surface area contributed by atoms with E-state index in [1.165, 1.54) is 30.6 Å². The third-order valence-corrected chi connectivity index (χ3v) is 2.57. The number of rotatable bonds is 2. The SMILES string of the molecule is O=C(Nc1cccc2cnccc12)C(F)(F)C(F)(F)F. The molecule has 2 rings (SSSR count). The zero-order valence-corrected chi connectivity index (χ0v) is 9.71. The van der Waals surface area contributed by atoms with Gasteiger partial charge < -0.3 is 5.32 Å². The lowest BCUT2D eigenvalue weighted by Crippen LogP contribution is -2.47. The Morgan fingerprint density at radius 3 is 2.45 bits per heavy atom. The summed E-state index contributed by atoms with van der Waals surface area (Å²) in [4.78, 5) is 14.9. The van der Waals surface area contributed by atoms with Crippen LogP contribution in [0.15, 0.2) is 36.7 Å². The summed E-state index contributed by atoms with van der Waals surface area (Å²) in [7, 11) is 0. The number of carbonyl (C=O) groups is 1. The maximum absolute atomic E-state index is 12.9. The number of fused-ring (bicyclic) bond motifs is 1. The predicted molar refractivity (Wildman–Crippen MR) is 61.4 cm³/mol. The van der Waals surface area contributed by atoms with Crippen LogP contribution in [0.2, 0.25) is 0 Å². The molecule has 0 aliphatic carbocycles. The van der Waals surface area contributed by atoms with E-state index in [0.29, 0.717) is 10.8 Å². The molecule has 2 aromatic rings. The molecular weight excluding hydrogens is 283 g/mol. The molecule has 0 atom stereocenters. The van der Waals surface area contributed by atoms with Crippen molar-refractivity contribution in [2.45, 2.75) is 12.1 Å². The van der Waals surface area contributed by atoms with E-state index >= 15 is 0 Å². The Kier molecular flexibility index (Phi) is 3.33. The highest BCUT2D eigenvalue weighted by molar-refractivity contribution is 6.04. The van der Waals surface area contributed by atoms with Gasteiger partial charge in [0.15, 0.2) is 0 Å². The molecule has 1 aromatic heterocycles. The summed E-state index contributed by atoms with van der Waals surface area (Å²) in [6, 6.07) is 5.62. The molecule has 0 saturated carbocycles. The Labute approximate surface area is 109 Å². The molecule has 0 bridgehead atoms. The maximum Gasteiger partial charge on any atom is 0.463 e. The highest BCUT2D eigenvalue weighted by Crippen LogP contribution is 2.36. The summed E-state index contributed by atoms with van der Waals surface area (Å²) >= 11 is 0. The first-order valence-electron chi connectivity index (χ1n) is 5.32. The number of hydrogen-bond donors (Lipinski definition) is 1. The van der Waals surface area contributed by atoms with Crippen molar-refractivity contribution in [3.8, 4) is 0 Å². The number of halogens is 5. The normalized spacial score (nSPS) is 12.4. The maximum atomic E-state index is 12.9. The van der Waals surface area contributed by atoms with Gasteiger partial charge in [-0.3, -0.25) is 9.78 Å². The van der Waals surface area contributed by atoms with Crippen LogP contribution in [0.3, 0.4) is 0 Å². The monoisotopic (exact) mass is 290 g/mol. The second-order valence-corrected chi connectivity index (χ2v) is 3.93. The second kappa shape index (κ2) is 4.69. The zero-order valence-electron chi connectivity index (χ0n) is 9.71. The summed E-state index contributed by atoms with van der Waals surface area (Å²) in [5, 5.41) is 2.41. The van der Waals surface area contributed by atoms with Crippen LogP contribution in [0.25, 0.3) is 10.8 Å². The van der Waals surface area contributed by atoms with Crippen molar-refractivity contribution < 1.29 is 26.7 Å². The van der Waals surface area contributed by atoms with Gasteiger partial charge in [0.05, 0.1) is 0 Å². The van der Waals surface area contributed by atoms with E-state index in [-0.39, 0.29) is 5.69 Å². The van der Waals surface area contributed by atoms with E-state index in [4.69, 9.17) is 0 Å². The average Bonchev–Trinajstić information content (AvgIpc) is 2.37. The van der Waals surface area contributed by atoms with Gasteiger partial charge in [-0.1, -0.05) is 12.1 Å². The van der Waals surface area contributed by atoms with Crippen LogP contribution in [-0.2, 0) is 4.79 Å². The number of anilines is 1. The fourth-order valence-electron chi connectivity index (χ4n) is 1.56. The minimum absolute atomic E-state index is 0.140. The molecule has 0 unspecified atom stereocenters. The number of aromatic nitrogens is 1. The molecule has 0 aliphatic heterocycles. The number of pyridine rings is 1. The van der Waals surface area contributed by atoms with Crippen LogP contribution in [-0.4, -0.2) is 23.0 Å². The minimum atomic E-state index is -5.94. The van der Waals surface area contributed by atoms with Crippen molar-refractivity contribution in [3.63, 3.8) is 0 Å². The van der Waals surface area contributed by atoms with Crippen molar-refractivity contribution in [1.29, 1.82) is 0 Å². The number of carbonyl (C=O) groups excluding carboxylic acids is 1. The largest absolute Gasteiger partial charge is 0.463 e. The van der Waals surface area contributed by atoms with Gasteiger partial charge in [0, 0.05) is 28.9 Å². The van der Waals surface area contributed by atoms with E-state index in [1.54, 1.807) is 11.4 Å². The first kappa shape index (κ1) is 14.2. The van der Waals surface area contributed by atoms with Gasteiger partial charge in [-0.2, -0.15) is 22.0 Å². The molecule has 106 valence electrons. The lowest BCUT2D eigenvalue weighted by molar-refractivity contribution is -0.267. The summed E-state index contributed by atoms with van der Waals surface area (Å²) < 4.78 is 62.0. The molecule has 1 amide bonds. The molecule has 0 aliphatic rings. The number of alkyl halides is 5. The van der Waals surface area contributed by atoms with Gasteiger partial charge in [-0.15, -0.1) is 0 Å². The van der Waals surface area contributed by atoms with E-state index in [2.05, 4.69) is 4.98 Å². The number of nitrogens with zero attached hydrogens (tertiary/aromatic N) is 1. The minimum Gasteiger partial charge on any atom is -0.320 e. The Bertz CT molecular complexity index is 648. The van der Waals surface area contributed by atoms with Gasteiger partial charge >= 0.3 is 18.0 Å². The summed E-state index contributed by atoms with van der Waals surface area (Å²) in [5.74, 6) is -7.88. The van der Waals surface area contributed by atoms with E-state index in [0.717, 1.165) is 0 Å². The van der Waals surface area contributed by atoms with Crippen LogP contribution in [0, 0.1) is 0 Å². The van der Waals surface area contributed by atoms with E-state index in [9.17, 15) is 26.7 Å². The molecule has 0 fully saturated rings. The second-order valence-electron chi connectivity index (χ2n) is 3.93. The van der Waals surface area contributed by atoms with Crippen LogP contribution >= 0.6 is 0 Å². The van der Waals surface area contributed by atoms with Crippen molar-refractivity contribution in [2.24, 2.45) is 0 Å². The van der Waals surface area contributed by atoms with Gasteiger partial charge in [0.2, 0.25) is 0 Å². The van der Waals surface area contributed by atoms with Gasteiger partial charge in [-0.25, -0.2) is 0 Å². The smallest absolute Gasteiger partial charge is 0.320 e. The molecule has 0 radical (unpaired) electrons. The summed E-state index contributed by atoms with van der Waals surface area (Å²) in [5.41, 5.74) is -0.140. The first-order valence-corrected chi connectivity index (χ1v) is 5.32. The van der Waals surface area contributed by atoms with Crippen molar-refractivity contribution >= 4 is 22.4 Å². The topological polar surface area (TPSA) is 42.0 Å². The third kappa shape index (κ3) is 2.40. The Balaban J connectivity index is 2.36. The van der Waals surface area contributed by atoms with Crippen LogP contribution in [0.4, 0.5) is 27.6 Å². The molecule has 0 spiro atoms. The van der Waals surface area contributed by atoms with Crippen LogP contribution < -0.4 is 5.32 Å². The van der Waals surface area contributed by atoms with Crippen LogP contribution in [0.1, 0.15) is 0 Å². The fraction of sp³-hybridized carbons (Fsp3) is 0.167. The third-order valence-electron chi connectivity index (χ3n) is 2.57. The first-order chi connectivity index (χ1) is 9.23. The Hall–Kier alpha value is -2.25. The van der Waals surface area contributed by atoms with Crippen molar-refractivity contribution in [1.82, 2.24) is 4.98 Å². The molecule has 20 heavy (non-hydrogen) atoms. The zero-order chi connectivity index (χ0) is 15.0. The van der Waals surface area contributed by atoms with Gasteiger partial charge in [0.25, 0.3) is 0 Å². The predicted octanol–water partition coefficient (Wildman–Crippen LogP) is 3.37. The van der Waals surface area contributed by atoms with E-state index < -0.39 is 18.0 Å². The Morgan fingerprint density at radius 1 is 1.10 bits per heavy atom. The number of nitrogens with one attached hydrogen (secondary N) is 1. The molecule has 8 heteroatoms. The summed E-state index contributed by atoms with van der Waals surface area (Å²) in [6.45, 7) is 0. The van der Waals surface area contributed by atoms with Crippen molar-refractivity contribution in [3.05, 3.63) is 36.7 Å². The molecule has 1 aromatic carbocycles. The lowest BCUT2D eigenvalue weighted by atomic mass is 10.1. The molecule has 3 nitrogen and oxygen atoms in total. The van der Waals surface area contributed by atoms with E-state index in [1.807, 2.05) is 0 Å². The average molecular weight is 290 g/mol. The number of amides is 1. The number of benzene rings is 1. The van der Waals surface area contributed by atoms with Gasteiger partial charge in [0.1, 0.15) is 0 Å². The van der Waals surface area contributed by atoms with Crippen LogP contribution in [0.5, 0.6) is 0 Å². The fourth-order valence-corrected chi connectivity index (χ4v) is 1.56. The molecule has 1 heterocycles. The van der Waals surface area contributed by atoms with Gasteiger partial charge in [-0.05, 0) is 12.1 Å². The highest BCUT2D eigenvalue weighted by Gasteiger charge is 2.63. The quantitative estimate of drug-likeness (QED) is 0.862.